The van der Waals surface area contributed by atoms with Crippen LogP contribution in [-0.4, -0.2) is 28.7 Å². The van der Waals surface area contributed by atoms with Crippen molar-refractivity contribution >= 4 is 23.4 Å². The van der Waals surface area contributed by atoms with E-state index in [1.807, 2.05) is 12.1 Å². The topological polar surface area (TPSA) is 78.5 Å². The number of nitrogens with zero attached hydrogens (tertiary/aromatic N) is 1. The maximum Gasteiger partial charge on any atom is 0.255 e. The smallest absolute Gasteiger partial charge is 0.255 e. The molecule has 1 fully saturated rings. The van der Waals surface area contributed by atoms with Crippen LogP contribution < -0.4 is 10.6 Å². The molecule has 0 radical (unpaired) electrons. The molecule has 4 rings (SSSR count). The second kappa shape index (κ2) is 7.11. The van der Waals surface area contributed by atoms with Gasteiger partial charge in [0, 0.05) is 36.3 Å². The number of rotatable bonds is 4. The fourth-order valence-corrected chi connectivity index (χ4v) is 3.86. The molecule has 0 saturated carbocycles. The normalized spacial score (nSPS) is 18.9. The van der Waals surface area contributed by atoms with Crippen LogP contribution >= 0.6 is 0 Å². The number of hydrogen-bond donors (Lipinski definition) is 2. The molecule has 2 aliphatic rings. The average molecular weight is 377 g/mol. The van der Waals surface area contributed by atoms with E-state index in [0.29, 0.717) is 25.1 Å². The Morgan fingerprint density at radius 1 is 1.11 bits per heavy atom. The van der Waals surface area contributed by atoms with Gasteiger partial charge in [-0.15, -0.1) is 0 Å². The summed E-state index contributed by atoms with van der Waals surface area (Å²) in [7, 11) is 0. The third-order valence-electron chi connectivity index (χ3n) is 5.64. The molecule has 6 heteroatoms. The number of piperidine rings is 1. The van der Waals surface area contributed by atoms with E-state index in [9.17, 15) is 14.4 Å². The van der Waals surface area contributed by atoms with Crippen molar-refractivity contribution in [1.82, 2.24) is 10.2 Å². The van der Waals surface area contributed by atoms with Crippen LogP contribution in [0.15, 0.2) is 36.4 Å². The number of benzene rings is 2. The highest BCUT2D eigenvalue weighted by atomic mass is 16.2. The number of amides is 3. The Kier molecular flexibility index (Phi) is 4.63. The molecule has 0 aromatic heterocycles. The molecule has 1 atom stereocenters. The number of nitrogens with one attached hydrogen (secondary N) is 2. The molecule has 2 aliphatic heterocycles. The van der Waals surface area contributed by atoms with E-state index in [2.05, 4.69) is 42.7 Å². The zero-order chi connectivity index (χ0) is 19.8. The Bertz CT molecular complexity index is 983. The predicted molar refractivity (Wildman–Crippen MR) is 106 cm³/mol. The van der Waals surface area contributed by atoms with Gasteiger partial charge in [-0.25, -0.2) is 0 Å². The van der Waals surface area contributed by atoms with E-state index in [0.717, 1.165) is 11.3 Å². The minimum absolute atomic E-state index is 0.153. The predicted octanol–water partition coefficient (Wildman–Crippen LogP) is 2.68. The van der Waals surface area contributed by atoms with Crippen LogP contribution in [0.5, 0.6) is 0 Å². The van der Waals surface area contributed by atoms with Crippen LogP contribution in [0.4, 0.5) is 5.69 Å². The van der Waals surface area contributed by atoms with Crippen molar-refractivity contribution in [3.8, 4) is 0 Å². The van der Waals surface area contributed by atoms with Gasteiger partial charge in [0.2, 0.25) is 11.8 Å². The fourth-order valence-electron chi connectivity index (χ4n) is 3.86. The third-order valence-corrected chi connectivity index (χ3v) is 5.64. The minimum Gasteiger partial charge on any atom is -0.381 e. The summed E-state index contributed by atoms with van der Waals surface area (Å²) in [5.41, 5.74) is 6.10. The Balaban J connectivity index is 1.53. The monoisotopic (exact) mass is 377 g/mol. The first-order chi connectivity index (χ1) is 13.4. The number of carbonyl (C=O) groups excluding carboxylic acids is 3. The van der Waals surface area contributed by atoms with Crippen LogP contribution in [0, 0.1) is 13.8 Å². The molecular formula is C22H23N3O3. The largest absolute Gasteiger partial charge is 0.381 e. The van der Waals surface area contributed by atoms with Gasteiger partial charge in [-0.05, 0) is 49.1 Å². The van der Waals surface area contributed by atoms with Crippen LogP contribution in [0.25, 0.3) is 0 Å². The van der Waals surface area contributed by atoms with E-state index in [1.165, 1.54) is 16.7 Å². The van der Waals surface area contributed by atoms with E-state index < -0.39 is 6.04 Å². The first kappa shape index (κ1) is 18.2. The van der Waals surface area contributed by atoms with Gasteiger partial charge >= 0.3 is 0 Å². The number of hydrogen-bond acceptors (Lipinski definition) is 4. The quantitative estimate of drug-likeness (QED) is 0.803. The molecule has 0 spiro atoms. The van der Waals surface area contributed by atoms with Gasteiger partial charge in [-0.1, -0.05) is 24.3 Å². The third kappa shape index (κ3) is 3.26. The van der Waals surface area contributed by atoms with Crippen molar-refractivity contribution in [3.05, 3.63) is 64.2 Å². The van der Waals surface area contributed by atoms with E-state index in [-0.39, 0.29) is 24.1 Å². The summed E-state index contributed by atoms with van der Waals surface area (Å²) in [5, 5.41) is 5.77. The molecule has 6 nitrogen and oxygen atoms in total. The highest BCUT2D eigenvalue weighted by Crippen LogP contribution is 2.32. The number of carbonyl (C=O) groups is 3. The second-order valence-electron chi connectivity index (χ2n) is 7.50. The van der Waals surface area contributed by atoms with Gasteiger partial charge in [-0.2, -0.15) is 0 Å². The molecule has 2 aromatic rings. The summed E-state index contributed by atoms with van der Waals surface area (Å²) in [6.07, 6.45) is 0.629. The number of anilines is 1. The van der Waals surface area contributed by atoms with Crippen molar-refractivity contribution in [2.45, 2.75) is 45.8 Å². The number of fused-ring (bicyclic) bond motifs is 1. The zero-order valence-electron chi connectivity index (χ0n) is 16.0. The van der Waals surface area contributed by atoms with Gasteiger partial charge in [0.1, 0.15) is 6.04 Å². The van der Waals surface area contributed by atoms with Crippen molar-refractivity contribution in [1.29, 1.82) is 0 Å². The minimum atomic E-state index is -0.592. The highest BCUT2D eigenvalue weighted by molar-refractivity contribution is 6.06. The molecule has 3 amide bonds. The van der Waals surface area contributed by atoms with Crippen molar-refractivity contribution < 1.29 is 14.4 Å². The van der Waals surface area contributed by atoms with Crippen molar-refractivity contribution in [3.63, 3.8) is 0 Å². The van der Waals surface area contributed by atoms with Crippen LogP contribution in [0.1, 0.15) is 45.5 Å². The molecular weight excluding hydrogens is 354 g/mol. The molecule has 0 aliphatic carbocycles. The standard InChI is InChI=1S/C22H23N3O3/c1-13-6-7-15(10-14(13)2)11-23-18-5-3-4-16-17(18)12-25(22(16)28)19-8-9-20(26)24-21(19)27/h3-7,10,19,23H,8-9,11-12H2,1-2H3,(H,24,26,27)/t19-/m0/s1. The molecule has 2 N–H and O–H groups in total. The first-order valence-electron chi connectivity index (χ1n) is 9.50. The molecule has 1 saturated heterocycles. The second-order valence-corrected chi connectivity index (χ2v) is 7.50. The SMILES string of the molecule is Cc1ccc(CNc2cccc3c2CN([C@H]2CCC(=O)NC2=O)C3=O)cc1C. The summed E-state index contributed by atoms with van der Waals surface area (Å²) >= 11 is 0. The molecule has 28 heavy (non-hydrogen) atoms. The van der Waals surface area contributed by atoms with Crippen molar-refractivity contribution in [2.24, 2.45) is 0 Å². The van der Waals surface area contributed by atoms with Gasteiger partial charge in [0.05, 0.1) is 0 Å². The van der Waals surface area contributed by atoms with Gasteiger partial charge < -0.3 is 10.2 Å². The van der Waals surface area contributed by atoms with Gasteiger partial charge in [0.25, 0.3) is 5.91 Å². The lowest BCUT2D eigenvalue weighted by atomic mass is 10.0. The molecule has 0 bridgehead atoms. The van der Waals surface area contributed by atoms with Crippen LogP contribution in [0.3, 0.4) is 0 Å². The van der Waals surface area contributed by atoms with Gasteiger partial charge in [0.15, 0.2) is 0 Å². The summed E-state index contributed by atoms with van der Waals surface area (Å²) in [6, 6.07) is 11.4. The van der Waals surface area contributed by atoms with E-state index in [1.54, 1.807) is 11.0 Å². The summed E-state index contributed by atoms with van der Waals surface area (Å²) in [5.74, 6) is -0.817. The lowest BCUT2D eigenvalue weighted by molar-refractivity contribution is -0.136. The van der Waals surface area contributed by atoms with E-state index >= 15 is 0 Å². The maximum absolute atomic E-state index is 12.9. The lowest BCUT2D eigenvalue weighted by Crippen LogP contribution is -2.52. The highest BCUT2D eigenvalue weighted by Gasteiger charge is 2.39. The van der Waals surface area contributed by atoms with Crippen LogP contribution in [0.2, 0.25) is 0 Å². The molecule has 144 valence electrons. The van der Waals surface area contributed by atoms with Crippen LogP contribution in [-0.2, 0) is 22.7 Å². The summed E-state index contributed by atoms with van der Waals surface area (Å²) < 4.78 is 0. The zero-order valence-corrected chi connectivity index (χ0v) is 16.0. The van der Waals surface area contributed by atoms with E-state index in [4.69, 9.17) is 0 Å². The van der Waals surface area contributed by atoms with Crippen molar-refractivity contribution in [2.75, 3.05) is 5.32 Å². The fraction of sp³-hybridized carbons (Fsp3) is 0.318. The van der Waals surface area contributed by atoms with Gasteiger partial charge in [-0.3, -0.25) is 19.7 Å². The molecule has 0 unspecified atom stereocenters. The Morgan fingerprint density at radius 3 is 2.68 bits per heavy atom. The molecule has 2 heterocycles. The lowest BCUT2D eigenvalue weighted by Gasteiger charge is -2.29. The Labute approximate surface area is 163 Å². The first-order valence-corrected chi connectivity index (χ1v) is 9.50. The summed E-state index contributed by atoms with van der Waals surface area (Å²) in [4.78, 5) is 38.1. The summed E-state index contributed by atoms with van der Waals surface area (Å²) in [6.45, 7) is 5.21. The maximum atomic E-state index is 12.9. The molecule has 2 aromatic carbocycles. The number of aryl methyl sites for hydroxylation is 2. The Morgan fingerprint density at radius 2 is 1.93 bits per heavy atom. The number of imide groups is 1. The average Bonchev–Trinajstić information content (AvgIpc) is 3.00. The Hall–Kier alpha value is -3.15.